The fourth-order valence-corrected chi connectivity index (χ4v) is 4.72. The Balaban J connectivity index is 0.000000399. The van der Waals surface area contributed by atoms with Crippen LogP contribution >= 0.6 is 34.8 Å². The first-order valence-electron chi connectivity index (χ1n) is 5.83. The summed E-state index contributed by atoms with van der Waals surface area (Å²) >= 11 is 14.4. The average molecular weight is 352 g/mol. The highest BCUT2D eigenvalue weighted by atomic mass is 35.6. The van der Waals surface area contributed by atoms with Crippen molar-refractivity contribution in [3.63, 3.8) is 0 Å². The average Bonchev–Trinajstić information content (AvgIpc) is 2.47. The summed E-state index contributed by atoms with van der Waals surface area (Å²) in [5.41, 5.74) is -1.12. The zero-order chi connectivity index (χ0) is 15.1. The number of alkyl halides is 3. The van der Waals surface area contributed by atoms with Gasteiger partial charge in [0.05, 0.1) is 11.2 Å². The molecule has 0 amide bonds. The van der Waals surface area contributed by atoms with Crippen LogP contribution in [0.3, 0.4) is 0 Å². The topological polar surface area (TPSA) is 71.4 Å². The van der Waals surface area contributed by atoms with E-state index in [0.29, 0.717) is 12.8 Å². The van der Waals surface area contributed by atoms with Crippen LogP contribution in [0.1, 0.15) is 33.1 Å². The van der Waals surface area contributed by atoms with Gasteiger partial charge in [-0.2, -0.15) is 8.42 Å². The van der Waals surface area contributed by atoms with Gasteiger partial charge in [0, 0.05) is 6.42 Å². The fourth-order valence-electron chi connectivity index (χ4n) is 3.42. The maximum atomic E-state index is 11.9. The predicted molar refractivity (Wildman–Crippen MR) is 76.3 cm³/mol. The number of hydrogen-bond donors (Lipinski definition) is 1. The van der Waals surface area contributed by atoms with Gasteiger partial charge < -0.3 is 0 Å². The number of carbonyl (C=O) groups is 1. The van der Waals surface area contributed by atoms with Crippen molar-refractivity contribution in [1.29, 1.82) is 0 Å². The van der Waals surface area contributed by atoms with E-state index < -0.39 is 25.6 Å². The smallest absolute Gasteiger partial charge is 0.265 e. The van der Waals surface area contributed by atoms with Gasteiger partial charge >= 0.3 is 0 Å². The summed E-state index contributed by atoms with van der Waals surface area (Å²) in [6.07, 6.45) is 1.97. The van der Waals surface area contributed by atoms with Crippen LogP contribution in [0.25, 0.3) is 0 Å². The molecule has 112 valence electrons. The highest BCUT2D eigenvalue weighted by Crippen LogP contribution is 2.64. The number of Topliss-reactive ketones (excluding diaryl/α,β-unsaturated/α-hetero) is 1. The third-order valence-electron chi connectivity index (χ3n) is 4.57. The molecule has 2 bridgehead atoms. The molecule has 0 aromatic rings. The summed E-state index contributed by atoms with van der Waals surface area (Å²) in [4.78, 5) is 11.9. The minimum atomic E-state index is -4.08. The van der Waals surface area contributed by atoms with Crippen molar-refractivity contribution in [2.75, 3.05) is 5.75 Å². The van der Waals surface area contributed by atoms with E-state index in [4.69, 9.17) is 39.4 Å². The molecule has 0 spiro atoms. The van der Waals surface area contributed by atoms with E-state index in [1.165, 1.54) is 0 Å². The number of fused-ring (bicyclic) bond motifs is 2. The van der Waals surface area contributed by atoms with Crippen LogP contribution in [0.5, 0.6) is 0 Å². The molecule has 2 atom stereocenters. The highest BCUT2D eigenvalue weighted by molar-refractivity contribution is 7.85. The maximum Gasteiger partial charge on any atom is 0.265 e. The van der Waals surface area contributed by atoms with Crippen molar-refractivity contribution < 1.29 is 17.8 Å². The monoisotopic (exact) mass is 350 g/mol. The molecule has 2 saturated carbocycles. The van der Waals surface area contributed by atoms with E-state index in [0.717, 1.165) is 6.42 Å². The molecule has 2 aliphatic carbocycles. The minimum absolute atomic E-state index is 0.0152. The van der Waals surface area contributed by atoms with E-state index in [9.17, 15) is 13.2 Å². The zero-order valence-corrected chi connectivity index (χ0v) is 13.8. The van der Waals surface area contributed by atoms with Crippen molar-refractivity contribution in [3.8, 4) is 0 Å². The van der Waals surface area contributed by atoms with Crippen molar-refractivity contribution in [1.82, 2.24) is 0 Å². The Hall–Kier alpha value is 0.450. The second-order valence-corrected chi connectivity index (χ2v) is 9.07. The first kappa shape index (κ1) is 17.5. The Kier molecular flexibility index (Phi) is 5.23. The van der Waals surface area contributed by atoms with E-state index in [1.807, 2.05) is 13.8 Å². The number of rotatable bonds is 2. The summed E-state index contributed by atoms with van der Waals surface area (Å²) in [5, 5.41) is 0. The van der Waals surface area contributed by atoms with Gasteiger partial charge in [-0.1, -0.05) is 48.7 Å². The van der Waals surface area contributed by atoms with Gasteiger partial charge in [-0.3, -0.25) is 9.35 Å². The molecule has 4 nitrogen and oxygen atoms in total. The summed E-state index contributed by atoms with van der Waals surface area (Å²) in [5.74, 6) is -0.101. The Morgan fingerprint density at radius 3 is 2.11 bits per heavy atom. The van der Waals surface area contributed by atoms with Gasteiger partial charge in [-0.25, -0.2) is 0 Å². The quantitative estimate of drug-likeness (QED) is 0.612. The second-order valence-electron chi connectivity index (χ2n) is 5.64. The molecule has 0 aromatic carbocycles. The molecule has 19 heavy (non-hydrogen) atoms. The second kappa shape index (κ2) is 5.68. The lowest BCUT2D eigenvalue weighted by molar-refractivity contribution is -0.128. The standard InChI is InChI=1S/C10H16O4S.CHCl3/c1-9(2)7-3-4-10(9,8(11)5-7)6-15(12,13)14;2-1(3)4/h7H,3-6H2,1-2H3,(H,12,13,14);1H. The molecular formula is C11H17Cl3O4S. The van der Waals surface area contributed by atoms with Gasteiger partial charge in [0.15, 0.2) is 4.30 Å². The summed E-state index contributed by atoms with van der Waals surface area (Å²) in [6, 6.07) is 0. The Morgan fingerprint density at radius 2 is 1.84 bits per heavy atom. The highest BCUT2D eigenvalue weighted by Gasteiger charge is 2.65. The van der Waals surface area contributed by atoms with Gasteiger partial charge in [-0.15, -0.1) is 0 Å². The van der Waals surface area contributed by atoms with Crippen molar-refractivity contribution in [2.45, 2.75) is 37.4 Å². The SMILES string of the molecule is CC1(C)C2CCC1(CS(=O)(=O)O)C(=O)C2.ClC(Cl)Cl. The van der Waals surface area contributed by atoms with Crippen LogP contribution in [-0.4, -0.2) is 28.8 Å². The molecular weight excluding hydrogens is 335 g/mol. The van der Waals surface area contributed by atoms with E-state index in [2.05, 4.69) is 0 Å². The molecule has 0 saturated heterocycles. The molecule has 2 rings (SSSR count). The molecule has 0 aromatic heterocycles. The van der Waals surface area contributed by atoms with E-state index in [-0.39, 0.29) is 17.1 Å². The van der Waals surface area contributed by atoms with Crippen LogP contribution in [0, 0.1) is 16.7 Å². The first-order chi connectivity index (χ1) is 8.42. The van der Waals surface area contributed by atoms with Gasteiger partial charge in [-0.05, 0) is 24.2 Å². The van der Waals surface area contributed by atoms with Crippen molar-refractivity contribution in [2.24, 2.45) is 16.7 Å². The van der Waals surface area contributed by atoms with Crippen LogP contribution in [-0.2, 0) is 14.9 Å². The molecule has 1 N–H and O–H groups in total. The number of ketones is 1. The maximum absolute atomic E-state index is 11.9. The van der Waals surface area contributed by atoms with E-state index in [1.54, 1.807) is 0 Å². The molecule has 0 radical (unpaired) electrons. The minimum Gasteiger partial charge on any atom is -0.299 e. The van der Waals surface area contributed by atoms with Gasteiger partial charge in [0.2, 0.25) is 0 Å². The van der Waals surface area contributed by atoms with Crippen LogP contribution < -0.4 is 0 Å². The summed E-state index contributed by atoms with van der Waals surface area (Å²) in [6.45, 7) is 3.89. The predicted octanol–water partition coefficient (Wildman–Crippen LogP) is 3.26. The molecule has 2 aliphatic rings. The third kappa shape index (κ3) is 3.56. The number of hydrogen-bond acceptors (Lipinski definition) is 3. The van der Waals surface area contributed by atoms with Crippen molar-refractivity contribution in [3.05, 3.63) is 0 Å². The molecule has 2 unspecified atom stereocenters. The Morgan fingerprint density at radius 1 is 1.37 bits per heavy atom. The zero-order valence-electron chi connectivity index (χ0n) is 10.7. The molecule has 0 aliphatic heterocycles. The fraction of sp³-hybridized carbons (Fsp3) is 0.909. The van der Waals surface area contributed by atoms with Crippen LogP contribution in [0.4, 0.5) is 0 Å². The van der Waals surface area contributed by atoms with E-state index >= 15 is 0 Å². The lowest BCUT2D eigenvalue weighted by Gasteiger charge is -2.35. The Bertz CT molecular complexity index is 458. The van der Waals surface area contributed by atoms with Crippen LogP contribution in [0.2, 0.25) is 0 Å². The number of halogens is 3. The number of carbonyl (C=O) groups excluding carboxylic acids is 1. The van der Waals surface area contributed by atoms with Gasteiger partial charge in [0.25, 0.3) is 10.1 Å². The first-order valence-corrected chi connectivity index (χ1v) is 8.75. The van der Waals surface area contributed by atoms with Crippen molar-refractivity contribution >= 4 is 50.7 Å². The lowest BCUT2D eigenvalue weighted by Crippen LogP contribution is -2.42. The third-order valence-corrected chi connectivity index (χ3v) is 5.43. The lowest BCUT2D eigenvalue weighted by atomic mass is 9.70. The molecule has 0 heterocycles. The normalized spacial score (nSPS) is 32.4. The summed E-state index contributed by atoms with van der Waals surface area (Å²) in [7, 11) is -4.08. The molecule has 2 fully saturated rings. The largest absolute Gasteiger partial charge is 0.299 e. The van der Waals surface area contributed by atoms with Gasteiger partial charge in [0.1, 0.15) is 5.78 Å². The Labute approximate surface area is 128 Å². The molecule has 8 heteroatoms. The van der Waals surface area contributed by atoms with Crippen LogP contribution in [0.15, 0.2) is 0 Å². The summed E-state index contributed by atoms with van der Waals surface area (Å²) < 4.78 is 30.2.